The van der Waals surface area contributed by atoms with E-state index in [1.165, 1.54) is 19.1 Å². The summed E-state index contributed by atoms with van der Waals surface area (Å²) in [5, 5.41) is 6.69. The van der Waals surface area contributed by atoms with Crippen LogP contribution in [0, 0.1) is 12.7 Å². The minimum Gasteiger partial charge on any atom is -0.441 e. The first-order valence-electron chi connectivity index (χ1n) is 9.19. The third-order valence-electron chi connectivity index (χ3n) is 4.42. The van der Waals surface area contributed by atoms with Gasteiger partial charge < -0.3 is 9.26 Å². The van der Waals surface area contributed by atoms with Gasteiger partial charge in [0.05, 0.1) is 5.75 Å². The summed E-state index contributed by atoms with van der Waals surface area (Å²) >= 11 is 5.75. The van der Waals surface area contributed by atoms with E-state index in [2.05, 4.69) is 10.5 Å². The lowest BCUT2D eigenvalue weighted by Gasteiger charge is -2.15. The molecule has 2 aromatic carbocycles. The van der Waals surface area contributed by atoms with E-state index in [4.69, 9.17) is 20.9 Å². The summed E-state index contributed by atoms with van der Waals surface area (Å²) in [5.41, 5.74) is 2.10. The first-order valence-corrected chi connectivity index (χ1v) is 11.6. The minimum atomic E-state index is -3.16. The molecule has 0 saturated carbocycles. The number of hydrogen-bond donors (Lipinski definition) is 1. The first-order chi connectivity index (χ1) is 14.5. The number of anilines is 1. The highest BCUT2D eigenvalue weighted by Crippen LogP contribution is 2.32. The largest absolute Gasteiger partial charge is 0.441 e. The molecule has 0 radical (unpaired) electrons. The molecular weight excluding hydrogens is 447 g/mol. The Kier molecular flexibility index (Phi) is 6.66. The molecule has 164 valence electrons. The lowest BCUT2D eigenvalue weighted by molar-refractivity contribution is 0.119. The molecule has 1 aromatic heterocycles. The molecule has 3 rings (SSSR count). The number of nitrogens with one attached hydrogen (secondary N) is 1. The van der Waals surface area contributed by atoms with E-state index in [9.17, 15) is 17.6 Å². The Balaban J connectivity index is 1.75. The van der Waals surface area contributed by atoms with Crippen molar-refractivity contribution in [1.29, 1.82) is 0 Å². The molecule has 0 aliphatic heterocycles. The summed E-state index contributed by atoms with van der Waals surface area (Å²) < 4.78 is 47.6. The quantitative estimate of drug-likeness (QED) is 0.529. The van der Waals surface area contributed by atoms with Gasteiger partial charge >= 0.3 is 6.09 Å². The Morgan fingerprint density at radius 3 is 2.55 bits per heavy atom. The van der Waals surface area contributed by atoms with Crippen molar-refractivity contribution in [1.82, 2.24) is 5.16 Å². The smallest absolute Gasteiger partial charge is 0.412 e. The van der Waals surface area contributed by atoms with Gasteiger partial charge in [0.1, 0.15) is 23.3 Å². The van der Waals surface area contributed by atoms with Gasteiger partial charge in [-0.3, -0.25) is 5.32 Å². The Morgan fingerprint density at radius 2 is 1.94 bits per heavy atom. The van der Waals surface area contributed by atoms with Crippen molar-refractivity contribution < 1.29 is 26.9 Å². The van der Waals surface area contributed by atoms with Gasteiger partial charge in [-0.1, -0.05) is 47.1 Å². The van der Waals surface area contributed by atoms with E-state index in [1.54, 1.807) is 31.2 Å². The monoisotopic (exact) mass is 466 g/mol. The maximum atomic E-state index is 14.1. The first kappa shape index (κ1) is 22.8. The molecule has 1 atom stereocenters. The Hall–Kier alpha value is -2.91. The molecule has 0 saturated heterocycles. The van der Waals surface area contributed by atoms with Gasteiger partial charge in [-0.25, -0.2) is 17.6 Å². The fourth-order valence-corrected chi connectivity index (χ4v) is 3.91. The van der Waals surface area contributed by atoms with E-state index in [-0.39, 0.29) is 22.1 Å². The van der Waals surface area contributed by atoms with Crippen LogP contribution in [0.5, 0.6) is 0 Å². The number of aromatic nitrogens is 1. The van der Waals surface area contributed by atoms with Gasteiger partial charge in [0.25, 0.3) is 0 Å². The molecule has 31 heavy (non-hydrogen) atoms. The maximum Gasteiger partial charge on any atom is 0.412 e. The van der Waals surface area contributed by atoms with Crippen molar-refractivity contribution in [3.8, 4) is 11.3 Å². The highest BCUT2D eigenvalue weighted by atomic mass is 35.5. The van der Waals surface area contributed by atoms with Crippen molar-refractivity contribution in [3.05, 3.63) is 70.1 Å². The van der Waals surface area contributed by atoms with Gasteiger partial charge in [-0.2, -0.15) is 0 Å². The van der Waals surface area contributed by atoms with Crippen molar-refractivity contribution in [3.63, 3.8) is 0 Å². The molecule has 1 heterocycles. The van der Waals surface area contributed by atoms with Crippen LogP contribution in [0.25, 0.3) is 11.3 Å². The second kappa shape index (κ2) is 9.07. The second-order valence-corrected chi connectivity index (χ2v) is 9.65. The normalized spacial score (nSPS) is 12.4. The summed E-state index contributed by atoms with van der Waals surface area (Å²) in [4.78, 5) is 12.4. The summed E-state index contributed by atoms with van der Waals surface area (Å²) in [6, 6.07) is 10.7. The zero-order valence-electron chi connectivity index (χ0n) is 17.0. The van der Waals surface area contributed by atoms with Crippen molar-refractivity contribution in [2.45, 2.75) is 25.7 Å². The van der Waals surface area contributed by atoms with Crippen LogP contribution in [-0.4, -0.2) is 25.9 Å². The Bertz CT molecular complexity index is 1210. The average molecular weight is 467 g/mol. The van der Waals surface area contributed by atoms with Crippen LogP contribution in [0.2, 0.25) is 5.02 Å². The Morgan fingerprint density at radius 1 is 1.26 bits per heavy atom. The number of sulfone groups is 1. The molecule has 10 heteroatoms. The molecule has 0 bridgehead atoms. The number of halogens is 2. The molecule has 0 aliphatic rings. The van der Waals surface area contributed by atoms with E-state index in [1.807, 2.05) is 0 Å². The second-order valence-electron chi connectivity index (χ2n) is 7.08. The molecule has 1 N–H and O–H groups in total. The predicted molar refractivity (Wildman–Crippen MR) is 115 cm³/mol. The van der Waals surface area contributed by atoms with Crippen LogP contribution in [0.4, 0.5) is 14.9 Å². The standard InChI is InChI=1S/C21H20ClFN2O5S/c1-12-19(24-21(26)29-13(2)17-9-8-16(22)10-18(17)23)20(30-25-12)15-6-4-14(5-7-15)11-31(3,27)28/h4-10,13H,11H2,1-3H3,(H,24,26). The third-order valence-corrected chi connectivity index (χ3v) is 5.51. The van der Waals surface area contributed by atoms with Gasteiger partial charge in [0.15, 0.2) is 15.6 Å². The van der Waals surface area contributed by atoms with Crippen LogP contribution in [-0.2, 0) is 20.3 Å². The highest BCUT2D eigenvalue weighted by molar-refractivity contribution is 7.89. The minimum absolute atomic E-state index is 0.0840. The fourth-order valence-electron chi connectivity index (χ4n) is 2.96. The molecule has 0 spiro atoms. The number of benzene rings is 2. The van der Waals surface area contributed by atoms with Crippen LogP contribution in [0.1, 0.15) is 29.8 Å². The van der Waals surface area contributed by atoms with Crippen molar-refractivity contribution in [2.75, 3.05) is 11.6 Å². The van der Waals surface area contributed by atoms with Crippen LogP contribution >= 0.6 is 11.6 Å². The number of rotatable bonds is 6. The number of carbonyl (C=O) groups excluding carboxylic acids is 1. The van der Waals surface area contributed by atoms with Crippen molar-refractivity contribution >= 4 is 33.2 Å². The van der Waals surface area contributed by atoms with Crippen molar-refractivity contribution in [2.24, 2.45) is 0 Å². The zero-order chi connectivity index (χ0) is 22.8. The molecule has 0 fully saturated rings. The lowest BCUT2D eigenvalue weighted by atomic mass is 10.1. The third kappa shape index (κ3) is 5.83. The molecule has 1 amide bonds. The number of amides is 1. The van der Waals surface area contributed by atoms with Gasteiger partial charge in [0.2, 0.25) is 0 Å². The Labute approximate surface area is 184 Å². The number of carbonyl (C=O) groups is 1. The number of ether oxygens (including phenoxy) is 1. The molecule has 3 aromatic rings. The highest BCUT2D eigenvalue weighted by Gasteiger charge is 2.21. The van der Waals surface area contributed by atoms with E-state index >= 15 is 0 Å². The van der Waals surface area contributed by atoms with Crippen LogP contribution in [0.15, 0.2) is 47.0 Å². The maximum absolute atomic E-state index is 14.1. The van der Waals surface area contributed by atoms with Crippen LogP contribution < -0.4 is 5.32 Å². The number of nitrogens with zero attached hydrogens (tertiary/aromatic N) is 1. The summed E-state index contributed by atoms with van der Waals surface area (Å²) in [6.45, 7) is 3.18. The summed E-state index contributed by atoms with van der Waals surface area (Å²) in [5.74, 6) is -0.381. The summed E-state index contributed by atoms with van der Waals surface area (Å²) in [6.07, 6.45) is -0.523. The fraction of sp³-hybridized carbons (Fsp3) is 0.238. The van der Waals surface area contributed by atoms with E-state index < -0.39 is 27.9 Å². The van der Waals surface area contributed by atoms with Gasteiger partial charge in [-0.15, -0.1) is 0 Å². The van der Waals surface area contributed by atoms with E-state index in [0.717, 1.165) is 12.3 Å². The van der Waals surface area contributed by atoms with Gasteiger partial charge in [0, 0.05) is 22.4 Å². The summed E-state index contributed by atoms with van der Waals surface area (Å²) in [7, 11) is -3.16. The topological polar surface area (TPSA) is 98.5 Å². The van der Waals surface area contributed by atoms with Crippen LogP contribution in [0.3, 0.4) is 0 Å². The average Bonchev–Trinajstić information content (AvgIpc) is 3.01. The SMILES string of the molecule is Cc1noc(-c2ccc(CS(C)(=O)=O)cc2)c1NC(=O)OC(C)c1ccc(Cl)cc1F. The zero-order valence-corrected chi connectivity index (χ0v) is 18.6. The van der Waals surface area contributed by atoms with E-state index in [0.29, 0.717) is 22.5 Å². The molecule has 1 unspecified atom stereocenters. The molecule has 0 aliphatic carbocycles. The number of aryl methyl sites for hydroxylation is 1. The van der Waals surface area contributed by atoms with Gasteiger partial charge in [-0.05, 0) is 31.5 Å². The molecule has 7 nitrogen and oxygen atoms in total. The number of hydrogen-bond acceptors (Lipinski definition) is 6. The molecular formula is C21H20ClFN2O5S. The lowest BCUT2D eigenvalue weighted by Crippen LogP contribution is -2.17. The predicted octanol–water partition coefficient (Wildman–Crippen LogP) is 5.30.